The van der Waals surface area contributed by atoms with Crippen LogP contribution in [0.25, 0.3) is 0 Å². The molecule has 0 aromatic heterocycles. The number of carboxylic acids is 1. The van der Waals surface area contributed by atoms with Crippen molar-refractivity contribution in [1.82, 2.24) is 5.32 Å². The van der Waals surface area contributed by atoms with Crippen LogP contribution in [0.4, 0.5) is 0 Å². The lowest BCUT2D eigenvalue weighted by Crippen LogP contribution is -2.37. The molecule has 3 nitrogen and oxygen atoms in total. The maximum atomic E-state index is 10.7. The van der Waals surface area contributed by atoms with Gasteiger partial charge in [0.25, 0.3) is 0 Å². The molecular formula is C11H23NO2. The van der Waals surface area contributed by atoms with Crippen LogP contribution >= 0.6 is 0 Å². The molecule has 3 heteroatoms. The van der Waals surface area contributed by atoms with Crippen molar-refractivity contribution >= 4 is 5.97 Å². The van der Waals surface area contributed by atoms with Crippen molar-refractivity contribution < 1.29 is 9.90 Å². The van der Waals surface area contributed by atoms with Gasteiger partial charge < -0.3 is 10.4 Å². The molecule has 0 heterocycles. The van der Waals surface area contributed by atoms with Gasteiger partial charge in [-0.1, -0.05) is 39.5 Å². The topological polar surface area (TPSA) is 49.3 Å². The molecule has 0 aromatic carbocycles. The molecule has 2 N–H and O–H groups in total. The number of unbranched alkanes of at least 4 members (excludes halogenated alkanes) is 3. The highest BCUT2D eigenvalue weighted by molar-refractivity contribution is 5.73. The zero-order valence-electron chi connectivity index (χ0n) is 9.38. The van der Waals surface area contributed by atoms with Gasteiger partial charge in [0, 0.05) is 0 Å². The second-order valence-corrected chi connectivity index (χ2v) is 3.69. The van der Waals surface area contributed by atoms with E-state index in [1.165, 1.54) is 19.3 Å². The van der Waals surface area contributed by atoms with Gasteiger partial charge in [-0.25, -0.2) is 0 Å². The molecule has 0 aliphatic heterocycles. The fourth-order valence-electron chi connectivity index (χ4n) is 1.43. The van der Waals surface area contributed by atoms with Crippen LogP contribution in [0.5, 0.6) is 0 Å². The molecule has 14 heavy (non-hydrogen) atoms. The minimum Gasteiger partial charge on any atom is -0.480 e. The van der Waals surface area contributed by atoms with Crippen molar-refractivity contribution in [1.29, 1.82) is 0 Å². The summed E-state index contributed by atoms with van der Waals surface area (Å²) in [5.41, 5.74) is 0. The Bertz CT molecular complexity index is 148. The van der Waals surface area contributed by atoms with Crippen LogP contribution in [0.1, 0.15) is 52.4 Å². The Kier molecular flexibility index (Phi) is 8.64. The predicted molar refractivity (Wildman–Crippen MR) is 58.5 cm³/mol. The van der Waals surface area contributed by atoms with Crippen molar-refractivity contribution in [2.24, 2.45) is 0 Å². The van der Waals surface area contributed by atoms with Crippen LogP contribution in [0.3, 0.4) is 0 Å². The van der Waals surface area contributed by atoms with E-state index in [-0.39, 0.29) is 6.04 Å². The standard InChI is InChI=1S/C11H23NO2/c1-3-5-6-7-9-12-10(8-4-2)11(13)14/h10,12H,3-9H2,1-2H3,(H,13,14). The zero-order valence-corrected chi connectivity index (χ0v) is 9.38. The lowest BCUT2D eigenvalue weighted by molar-refractivity contribution is -0.139. The van der Waals surface area contributed by atoms with Crippen molar-refractivity contribution in [2.45, 2.75) is 58.4 Å². The summed E-state index contributed by atoms with van der Waals surface area (Å²) in [6.45, 7) is 5.01. The van der Waals surface area contributed by atoms with Crippen molar-refractivity contribution in [3.05, 3.63) is 0 Å². The number of nitrogens with one attached hydrogen (secondary N) is 1. The Morgan fingerprint density at radius 1 is 1.21 bits per heavy atom. The largest absolute Gasteiger partial charge is 0.480 e. The molecule has 0 spiro atoms. The SMILES string of the molecule is CCCCCCNC(CCC)C(=O)O. The third kappa shape index (κ3) is 6.89. The summed E-state index contributed by atoms with van der Waals surface area (Å²) >= 11 is 0. The first-order chi connectivity index (χ1) is 6.72. The molecule has 0 aromatic rings. The van der Waals surface area contributed by atoms with Gasteiger partial charge in [-0.15, -0.1) is 0 Å². The molecule has 84 valence electrons. The van der Waals surface area contributed by atoms with Crippen LogP contribution in [0.2, 0.25) is 0 Å². The number of aliphatic carboxylic acids is 1. The number of hydrogen-bond donors (Lipinski definition) is 2. The highest BCUT2D eigenvalue weighted by Crippen LogP contribution is 2.00. The Hall–Kier alpha value is -0.570. The molecule has 0 saturated carbocycles. The minimum atomic E-state index is -0.720. The predicted octanol–water partition coefficient (Wildman–Crippen LogP) is 2.41. The first-order valence-electron chi connectivity index (χ1n) is 5.68. The van der Waals surface area contributed by atoms with Crippen LogP contribution in [-0.4, -0.2) is 23.7 Å². The number of rotatable bonds is 9. The van der Waals surface area contributed by atoms with Gasteiger partial charge in [0.2, 0.25) is 0 Å². The molecule has 0 fully saturated rings. The molecule has 0 aliphatic rings. The molecule has 0 bridgehead atoms. The van der Waals surface area contributed by atoms with Gasteiger partial charge in [0.05, 0.1) is 0 Å². The molecule has 1 unspecified atom stereocenters. The monoisotopic (exact) mass is 201 g/mol. The van der Waals surface area contributed by atoms with Gasteiger partial charge in [-0.2, -0.15) is 0 Å². The van der Waals surface area contributed by atoms with Crippen LogP contribution in [0.15, 0.2) is 0 Å². The third-order valence-electron chi connectivity index (χ3n) is 2.30. The summed E-state index contributed by atoms with van der Waals surface area (Å²) in [7, 11) is 0. The van der Waals surface area contributed by atoms with Gasteiger partial charge in [-0.3, -0.25) is 4.79 Å². The van der Waals surface area contributed by atoms with E-state index in [2.05, 4.69) is 12.2 Å². The minimum absolute atomic E-state index is 0.346. The molecule has 0 aliphatic carbocycles. The Morgan fingerprint density at radius 2 is 1.93 bits per heavy atom. The highest BCUT2D eigenvalue weighted by Gasteiger charge is 2.14. The molecule has 1 atom stereocenters. The summed E-state index contributed by atoms with van der Waals surface area (Å²) in [5, 5.41) is 11.9. The molecule has 0 rings (SSSR count). The zero-order chi connectivity index (χ0) is 10.8. The normalized spacial score (nSPS) is 12.7. The van der Waals surface area contributed by atoms with Crippen molar-refractivity contribution in [3.8, 4) is 0 Å². The smallest absolute Gasteiger partial charge is 0.320 e. The number of carbonyl (C=O) groups is 1. The second kappa shape index (κ2) is 9.00. The van der Waals surface area contributed by atoms with E-state index in [1.807, 2.05) is 6.92 Å². The summed E-state index contributed by atoms with van der Waals surface area (Å²) in [4.78, 5) is 10.7. The summed E-state index contributed by atoms with van der Waals surface area (Å²) < 4.78 is 0. The van der Waals surface area contributed by atoms with Crippen LogP contribution in [0, 0.1) is 0 Å². The van der Waals surface area contributed by atoms with E-state index in [0.29, 0.717) is 0 Å². The average Bonchev–Trinajstić information content (AvgIpc) is 2.15. The van der Waals surface area contributed by atoms with Gasteiger partial charge in [0.1, 0.15) is 6.04 Å². The van der Waals surface area contributed by atoms with E-state index < -0.39 is 5.97 Å². The maximum absolute atomic E-state index is 10.7. The van der Waals surface area contributed by atoms with E-state index in [0.717, 1.165) is 25.8 Å². The van der Waals surface area contributed by atoms with E-state index in [9.17, 15) is 4.79 Å². The van der Waals surface area contributed by atoms with Crippen molar-refractivity contribution in [3.63, 3.8) is 0 Å². The fourth-order valence-corrected chi connectivity index (χ4v) is 1.43. The maximum Gasteiger partial charge on any atom is 0.320 e. The molecular weight excluding hydrogens is 178 g/mol. The Labute approximate surface area is 86.9 Å². The van der Waals surface area contributed by atoms with Crippen LogP contribution < -0.4 is 5.32 Å². The Morgan fingerprint density at radius 3 is 2.43 bits per heavy atom. The molecule has 0 amide bonds. The quantitative estimate of drug-likeness (QED) is 0.563. The van der Waals surface area contributed by atoms with E-state index in [4.69, 9.17) is 5.11 Å². The summed E-state index contributed by atoms with van der Waals surface area (Å²) in [6, 6.07) is -0.346. The lowest BCUT2D eigenvalue weighted by atomic mass is 10.1. The first kappa shape index (κ1) is 13.4. The van der Waals surface area contributed by atoms with E-state index in [1.54, 1.807) is 0 Å². The first-order valence-corrected chi connectivity index (χ1v) is 5.68. The van der Waals surface area contributed by atoms with Gasteiger partial charge in [0.15, 0.2) is 0 Å². The second-order valence-electron chi connectivity index (χ2n) is 3.69. The molecule has 0 radical (unpaired) electrons. The van der Waals surface area contributed by atoms with Gasteiger partial charge in [-0.05, 0) is 19.4 Å². The lowest BCUT2D eigenvalue weighted by Gasteiger charge is -2.12. The highest BCUT2D eigenvalue weighted by atomic mass is 16.4. The van der Waals surface area contributed by atoms with Gasteiger partial charge >= 0.3 is 5.97 Å². The van der Waals surface area contributed by atoms with Crippen molar-refractivity contribution in [2.75, 3.05) is 6.54 Å². The van der Waals surface area contributed by atoms with Crippen LogP contribution in [-0.2, 0) is 4.79 Å². The van der Waals surface area contributed by atoms with E-state index >= 15 is 0 Å². The average molecular weight is 201 g/mol. The number of carboxylic acid groups (broad SMARTS) is 1. The number of hydrogen-bond acceptors (Lipinski definition) is 2. The third-order valence-corrected chi connectivity index (χ3v) is 2.30. The summed E-state index contributed by atoms with van der Waals surface area (Å²) in [5.74, 6) is -0.720. The molecule has 0 saturated heterocycles. The Balaban J connectivity index is 3.46. The fraction of sp³-hybridized carbons (Fsp3) is 0.909. The summed E-state index contributed by atoms with van der Waals surface area (Å²) in [6.07, 6.45) is 6.38.